The van der Waals surface area contributed by atoms with Gasteiger partial charge in [-0.1, -0.05) is 12.1 Å². The lowest BCUT2D eigenvalue weighted by Gasteiger charge is -2.27. The Morgan fingerprint density at radius 1 is 1.26 bits per heavy atom. The minimum absolute atomic E-state index is 0.122. The molecule has 1 N–H and O–H groups in total. The Bertz CT molecular complexity index is 418. The molecule has 1 atom stereocenters. The summed E-state index contributed by atoms with van der Waals surface area (Å²) >= 11 is 0. The molecule has 0 aliphatic carbocycles. The van der Waals surface area contributed by atoms with Crippen LogP contribution in [0.25, 0.3) is 0 Å². The molecule has 1 aromatic rings. The van der Waals surface area contributed by atoms with Gasteiger partial charge in [0.05, 0.1) is 12.0 Å². The lowest BCUT2D eigenvalue weighted by Crippen LogP contribution is -2.43. The van der Waals surface area contributed by atoms with E-state index < -0.39 is 0 Å². The Morgan fingerprint density at radius 2 is 1.95 bits per heavy atom. The molecule has 0 bridgehead atoms. The molecule has 102 valence electrons. The van der Waals surface area contributed by atoms with Gasteiger partial charge in [0.25, 0.3) is 0 Å². The van der Waals surface area contributed by atoms with Gasteiger partial charge in [-0.15, -0.1) is 0 Å². The molecule has 0 amide bonds. The van der Waals surface area contributed by atoms with Gasteiger partial charge in [0.15, 0.2) is 0 Å². The predicted octanol–water partition coefficient (Wildman–Crippen LogP) is 2.12. The maximum atomic E-state index is 12.9. The van der Waals surface area contributed by atoms with Crippen molar-refractivity contribution in [3.8, 4) is 6.07 Å². The van der Waals surface area contributed by atoms with E-state index >= 15 is 0 Å². The quantitative estimate of drug-likeness (QED) is 0.882. The lowest BCUT2D eigenvalue weighted by atomic mass is 9.95. The third-order valence-corrected chi connectivity index (χ3v) is 3.60. The number of rotatable bonds is 5. The molecule has 1 aromatic carbocycles. The van der Waals surface area contributed by atoms with Crippen LogP contribution in [0.15, 0.2) is 24.3 Å². The third-order valence-electron chi connectivity index (χ3n) is 3.60. The molecule has 1 aliphatic rings. The molecule has 0 radical (unpaired) electrons. The second-order valence-corrected chi connectivity index (χ2v) is 4.97. The van der Waals surface area contributed by atoms with E-state index in [1.807, 2.05) is 0 Å². The summed E-state index contributed by atoms with van der Waals surface area (Å²) in [5, 5.41) is 12.5. The molecule has 1 saturated heterocycles. The number of halogens is 1. The molecule has 1 unspecified atom stereocenters. The molecular weight excluding hydrogens is 241 g/mol. The van der Waals surface area contributed by atoms with E-state index in [4.69, 9.17) is 0 Å². The van der Waals surface area contributed by atoms with Gasteiger partial charge in [-0.05, 0) is 37.1 Å². The number of nitrogens with one attached hydrogen (secondary N) is 1. The standard InChI is InChI=1S/C15H20FN3/c16-15-5-3-13(4-6-15)14(12-17)2-1-9-19-10-7-18-8-11-19/h3-6,14,18H,1-2,7-11H2. The van der Waals surface area contributed by atoms with Crippen molar-refractivity contribution >= 4 is 0 Å². The predicted molar refractivity (Wildman–Crippen MR) is 73.3 cm³/mol. The molecular formula is C15H20FN3. The molecule has 0 aromatic heterocycles. The van der Waals surface area contributed by atoms with E-state index in [2.05, 4.69) is 16.3 Å². The van der Waals surface area contributed by atoms with Gasteiger partial charge in [-0.25, -0.2) is 4.39 Å². The van der Waals surface area contributed by atoms with Crippen LogP contribution in [0.3, 0.4) is 0 Å². The van der Waals surface area contributed by atoms with Gasteiger partial charge in [0, 0.05) is 26.2 Å². The summed E-state index contributed by atoms with van der Waals surface area (Å²) in [5.41, 5.74) is 0.921. The van der Waals surface area contributed by atoms with Crippen LogP contribution in [0, 0.1) is 17.1 Å². The largest absolute Gasteiger partial charge is 0.314 e. The number of benzene rings is 1. The van der Waals surface area contributed by atoms with Crippen LogP contribution in [0.5, 0.6) is 0 Å². The molecule has 0 saturated carbocycles. The molecule has 1 fully saturated rings. The zero-order valence-electron chi connectivity index (χ0n) is 11.1. The first-order valence-electron chi connectivity index (χ1n) is 6.88. The monoisotopic (exact) mass is 261 g/mol. The summed E-state index contributed by atoms with van der Waals surface area (Å²) in [6.45, 7) is 5.34. The maximum absolute atomic E-state index is 12.9. The van der Waals surface area contributed by atoms with E-state index in [9.17, 15) is 9.65 Å². The zero-order chi connectivity index (χ0) is 13.5. The first kappa shape index (κ1) is 14.0. The van der Waals surface area contributed by atoms with Gasteiger partial charge < -0.3 is 10.2 Å². The van der Waals surface area contributed by atoms with Gasteiger partial charge >= 0.3 is 0 Å². The second-order valence-electron chi connectivity index (χ2n) is 4.97. The topological polar surface area (TPSA) is 39.1 Å². The van der Waals surface area contributed by atoms with Crippen LogP contribution in [0.2, 0.25) is 0 Å². The van der Waals surface area contributed by atoms with Crippen LogP contribution in [-0.4, -0.2) is 37.6 Å². The minimum atomic E-state index is -0.249. The molecule has 19 heavy (non-hydrogen) atoms. The zero-order valence-corrected chi connectivity index (χ0v) is 11.1. The highest BCUT2D eigenvalue weighted by atomic mass is 19.1. The highest BCUT2D eigenvalue weighted by Crippen LogP contribution is 2.21. The van der Waals surface area contributed by atoms with Gasteiger partial charge in [-0.3, -0.25) is 0 Å². The molecule has 1 heterocycles. The van der Waals surface area contributed by atoms with Crippen LogP contribution in [0.4, 0.5) is 4.39 Å². The van der Waals surface area contributed by atoms with Gasteiger partial charge in [0.1, 0.15) is 5.82 Å². The molecule has 3 nitrogen and oxygen atoms in total. The number of piperazine rings is 1. The summed E-state index contributed by atoms with van der Waals surface area (Å²) in [4.78, 5) is 2.43. The second kappa shape index (κ2) is 7.22. The van der Waals surface area contributed by atoms with Crippen molar-refractivity contribution < 1.29 is 4.39 Å². The summed E-state index contributed by atoms with van der Waals surface area (Å²) in [5.74, 6) is -0.371. The minimum Gasteiger partial charge on any atom is -0.314 e. The van der Waals surface area contributed by atoms with Crippen LogP contribution in [0.1, 0.15) is 24.3 Å². The normalized spacial score (nSPS) is 17.9. The summed E-state index contributed by atoms with van der Waals surface area (Å²) in [6.07, 6.45) is 1.85. The Balaban J connectivity index is 1.79. The first-order chi connectivity index (χ1) is 9.29. The van der Waals surface area contributed by atoms with Crippen molar-refractivity contribution in [2.45, 2.75) is 18.8 Å². The number of hydrogen-bond donors (Lipinski definition) is 1. The van der Waals surface area contributed by atoms with Crippen molar-refractivity contribution in [3.63, 3.8) is 0 Å². The van der Waals surface area contributed by atoms with Gasteiger partial charge in [-0.2, -0.15) is 5.26 Å². The number of nitriles is 1. The highest BCUT2D eigenvalue weighted by Gasteiger charge is 2.13. The maximum Gasteiger partial charge on any atom is 0.123 e. The van der Waals surface area contributed by atoms with Crippen molar-refractivity contribution in [3.05, 3.63) is 35.6 Å². The fourth-order valence-corrected chi connectivity index (χ4v) is 2.45. The van der Waals surface area contributed by atoms with E-state index in [-0.39, 0.29) is 11.7 Å². The van der Waals surface area contributed by atoms with E-state index in [1.54, 1.807) is 12.1 Å². The van der Waals surface area contributed by atoms with Crippen LogP contribution in [-0.2, 0) is 0 Å². The third kappa shape index (κ3) is 4.30. The highest BCUT2D eigenvalue weighted by molar-refractivity contribution is 5.25. The number of hydrogen-bond acceptors (Lipinski definition) is 3. The fourth-order valence-electron chi connectivity index (χ4n) is 2.45. The first-order valence-corrected chi connectivity index (χ1v) is 6.88. The molecule has 1 aliphatic heterocycles. The SMILES string of the molecule is N#CC(CCCN1CCNCC1)c1ccc(F)cc1. The van der Waals surface area contributed by atoms with E-state index in [1.165, 1.54) is 12.1 Å². The molecule has 4 heteroatoms. The Labute approximate surface area is 114 Å². The van der Waals surface area contributed by atoms with Crippen molar-refractivity contribution in [2.75, 3.05) is 32.7 Å². The Kier molecular flexibility index (Phi) is 5.31. The van der Waals surface area contributed by atoms with Gasteiger partial charge in [0.2, 0.25) is 0 Å². The number of nitrogens with zero attached hydrogens (tertiary/aromatic N) is 2. The van der Waals surface area contributed by atoms with Crippen molar-refractivity contribution in [1.29, 1.82) is 5.26 Å². The average Bonchev–Trinajstić information content (AvgIpc) is 2.46. The van der Waals surface area contributed by atoms with Crippen molar-refractivity contribution in [1.82, 2.24) is 10.2 Å². The van der Waals surface area contributed by atoms with E-state index in [0.717, 1.165) is 51.1 Å². The van der Waals surface area contributed by atoms with E-state index in [0.29, 0.717) is 0 Å². The summed E-state index contributed by atoms with van der Waals surface area (Å²) in [6, 6.07) is 8.61. The Morgan fingerprint density at radius 3 is 2.58 bits per heavy atom. The lowest BCUT2D eigenvalue weighted by molar-refractivity contribution is 0.236. The smallest absolute Gasteiger partial charge is 0.123 e. The fraction of sp³-hybridized carbons (Fsp3) is 0.533. The average molecular weight is 261 g/mol. The van der Waals surface area contributed by atoms with Crippen molar-refractivity contribution in [2.24, 2.45) is 0 Å². The molecule has 0 spiro atoms. The Hall–Kier alpha value is -1.44. The summed E-state index contributed by atoms with van der Waals surface area (Å²) in [7, 11) is 0. The van der Waals surface area contributed by atoms with Crippen LogP contribution >= 0.6 is 0 Å². The summed E-state index contributed by atoms with van der Waals surface area (Å²) < 4.78 is 12.9. The molecule has 2 rings (SSSR count). The van der Waals surface area contributed by atoms with Crippen LogP contribution < -0.4 is 5.32 Å².